The van der Waals surface area contributed by atoms with Crippen LogP contribution in [0.25, 0.3) is 5.69 Å². The predicted octanol–water partition coefficient (Wildman–Crippen LogP) is 2.14. The van der Waals surface area contributed by atoms with Gasteiger partial charge in [0, 0.05) is 0 Å². The maximum absolute atomic E-state index is 10.7. The number of aromatic carboxylic acids is 1. The minimum atomic E-state index is -1.09. The first kappa shape index (κ1) is 13.1. The zero-order valence-electron chi connectivity index (χ0n) is 10.6. The van der Waals surface area contributed by atoms with E-state index >= 15 is 0 Å². The van der Waals surface area contributed by atoms with Gasteiger partial charge in [0.25, 0.3) is 0 Å². The molecule has 2 aromatic rings. The number of unbranched alkanes of at least 4 members (excludes halogenated alkanes) is 1. The highest BCUT2D eigenvalue weighted by Gasteiger charge is 2.09. The lowest BCUT2D eigenvalue weighted by Gasteiger charge is -2.06. The summed E-state index contributed by atoms with van der Waals surface area (Å²) in [6.45, 7) is 2.81. The molecule has 1 aromatic heterocycles. The molecule has 0 fully saturated rings. The molecule has 0 spiro atoms. The van der Waals surface area contributed by atoms with Gasteiger partial charge >= 0.3 is 5.97 Å². The van der Waals surface area contributed by atoms with Crippen LogP contribution in [0.15, 0.2) is 30.5 Å². The van der Waals surface area contributed by atoms with E-state index in [1.165, 1.54) is 10.9 Å². The Hall–Kier alpha value is -2.37. The molecule has 0 saturated carbocycles. The molecular weight excluding hydrogens is 246 g/mol. The largest absolute Gasteiger partial charge is 0.494 e. The van der Waals surface area contributed by atoms with Gasteiger partial charge in [0.05, 0.1) is 18.5 Å². The third-order valence-electron chi connectivity index (χ3n) is 2.58. The lowest BCUT2D eigenvalue weighted by molar-refractivity contribution is 0.0690. The zero-order valence-corrected chi connectivity index (χ0v) is 10.6. The van der Waals surface area contributed by atoms with E-state index in [9.17, 15) is 4.79 Å². The smallest absolute Gasteiger partial charge is 0.358 e. The van der Waals surface area contributed by atoms with Crippen molar-refractivity contribution in [3.05, 3.63) is 36.2 Å². The van der Waals surface area contributed by atoms with Crippen LogP contribution in [0.4, 0.5) is 0 Å². The van der Waals surface area contributed by atoms with E-state index in [2.05, 4.69) is 17.2 Å². The van der Waals surface area contributed by atoms with Gasteiger partial charge < -0.3 is 9.84 Å². The number of carboxylic acid groups (broad SMARTS) is 1. The third-order valence-corrected chi connectivity index (χ3v) is 2.58. The molecule has 0 aliphatic heterocycles. The van der Waals surface area contributed by atoms with Crippen molar-refractivity contribution in [3.63, 3.8) is 0 Å². The number of hydrogen-bond acceptors (Lipinski definition) is 4. The van der Waals surface area contributed by atoms with Crippen molar-refractivity contribution in [2.75, 3.05) is 6.61 Å². The molecule has 1 N–H and O–H groups in total. The molecule has 0 radical (unpaired) electrons. The Balaban J connectivity index is 2.06. The Kier molecular flexibility index (Phi) is 4.12. The molecule has 6 nitrogen and oxygen atoms in total. The third kappa shape index (κ3) is 3.31. The summed E-state index contributed by atoms with van der Waals surface area (Å²) < 4.78 is 6.96. The second-order valence-corrected chi connectivity index (χ2v) is 4.05. The molecule has 1 aromatic carbocycles. The minimum Gasteiger partial charge on any atom is -0.494 e. The number of benzene rings is 1. The monoisotopic (exact) mass is 261 g/mol. The molecule has 1 heterocycles. The van der Waals surface area contributed by atoms with Crippen molar-refractivity contribution < 1.29 is 14.6 Å². The lowest BCUT2D eigenvalue weighted by Crippen LogP contribution is -1.98. The summed E-state index contributed by atoms with van der Waals surface area (Å²) in [4.78, 5) is 10.7. The standard InChI is InChI=1S/C13H15N3O3/c1-2-3-8-19-11-6-4-10(5-7-11)16-9-12(13(17)18)14-15-16/h4-7,9H,2-3,8H2,1H3,(H,17,18). The highest BCUT2D eigenvalue weighted by atomic mass is 16.5. The van der Waals surface area contributed by atoms with Gasteiger partial charge in [-0.05, 0) is 30.7 Å². The van der Waals surface area contributed by atoms with Crippen molar-refractivity contribution in [1.82, 2.24) is 15.0 Å². The normalized spacial score (nSPS) is 10.4. The molecule has 0 amide bonds. The Labute approximate surface area is 110 Å². The molecule has 0 saturated heterocycles. The van der Waals surface area contributed by atoms with Crippen LogP contribution in [0.5, 0.6) is 5.75 Å². The highest BCUT2D eigenvalue weighted by molar-refractivity contribution is 5.84. The molecule has 0 bridgehead atoms. The van der Waals surface area contributed by atoms with Gasteiger partial charge in [0.2, 0.25) is 0 Å². The summed E-state index contributed by atoms with van der Waals surface area (Å²) in [6.07, 6.45) is 3.48. The molecular formula is C13H15N3O3. The number of carboxylic acids is 1. The highest BCUT2D eigenvalue weighted by Crippen LogP contribution is 2.15. The molecule has 6 heteroatoms. The fraction of sp³-hybridized carbons (Fsp3) is 0.308. The molecule has 0 unspecified atom stereocenters. The maximum atomic E-state index is 10.7. The van der Waals surface area contributed by atoms with E-state index in [-0.39, 0.29) is 5.69 Å². The van der Waals surface area contributed by atoms with Crippen LogP contribution in [0.2, 0.25) is 0 Å². The van der Waals surface area contributed by atoms with Crippen LogP contribution in [-0.4, -0.2) is 32.7 Å². The molecule has 0 aliphatic carbocycles. The van der Waals surface area contributed by atoms with Gasteiger partial charge in [-0.2, -0.15) is 0 Å². The first-order chi connectivity index (χ1) is 9.20. The van der Waals surface area contributed by atoms with Gasteiger partial charge in [0.1, 0.15) is 5.75 Å². The van der Waals surface area contributed by atoms with Crippen LogP contribution in [0.1, 0.15) is 30.3 Å². The van der Waals surface area contributed by atoms with E-state index in [1.807, 2.05) is 24.3 Å². The van der Waals surface area contributed by atoms with Crippen LogP contribution in [0, 0.1) is 0 Å². The Morgan fingerprint density at radius 2 is 2.11 bits per heavy atom. The van der Waals surface area contributed by atoms with E-state index in [0.717, 1.165) is 24.3 Å². The quantitative estimate of drug-likeness (QED) is 0.806. The van der Waals surface area contributed by atoms with Crippen molar-refractivity contribution in [3.8, 4) is 11.4 Å². The summed E-state index contributed by atoms with van der Waals surface area (Å²) in [5, 5.41) is 16.1. The number of hydrogen-bond donors (Lipinski definition) is 1. The second-order valence-electron chi connectivity index (χ2n) is 4.05. The predicted molar refractivity (Wildman–Crippen MR) is 68.7 cm³/mol. The first-order valence-electron chi connectivity index (χ1n) is 6.09. The summed E-state index contributed by atoms with van der Waals surface area (Å²) in [6, 6.07) is 7.27. The van der Waals surface area contributed by atoms with Crippen molar-refractivity contribution >= 4 is 5.97 Å². The fourth-order valence-electron chi connectivity index (χ4n) is 1.52. The minimum absolute atomic E-state index is 0.0803. The molecule has 0 aliphatic rings. The van der Waals surface area contributed by atoms with Gasteiger partial charge in [-0.3, -0.25) is 0 Å². The summed E-state index contributed by atoms with van der Waals surface area (Å²) in [5.74, 6) is -0.304. The summed E-state index contributed by atoms with van der Waals surface area (Å²) in [5.41, 5.74) is 0.658. The number of rotatable bonds is 6. The molecule has 2 rings (SSSR count). The summed E-state index contributed by atoms with van der Waals surface area (Å²) in [7, 11) is 0. The number of carbonyl (C=O) groups is 1. The zero-order chi connectivity index (χ0) is 13.7. The fourth-order valence-corrected chi connectivity index (χ4v) is 1.52. The Morgan fingerprint density at radius 3 is 2.68 bits per heavy atom. The van der Waals surface area contributed by atoms with E-state index in [4.69, 9.17) is 9.84 Å². The van der Waals surface area contributed by atoms with Crippen LogP contribution in [-0.2, 0) is 0 Å². The number of ether oxygens (including phenoxy) is 1. The van der Waals surface area contributed by atoms with E-state index < -0.39 is 5.97 Å². The van der Waals surface area contributed by atoms with Crippen LogP contribution < -0.4 is 4.74 Å². The second kappa shape index (κ2) is 5.99. The van der Waals surface area contributed by atoms with Crippen molar-refractivity contribution in [1.29, 1.82) is 0 Å². The lowest BCUT2D eigenvalue weighted by atomic mass is 10.3. The van der Waals surface area contributed by atoms with Gasteiger partial charge in [-0.1, -0.05) is 18.6 Å². The van der Waals surface area contributed by atoms with Gasteiger partial charge in [0.15, 0.2) is 5.69 Å². The molecule has 19 heavy (non-hydrogen) atoms. The van der Waals surface area contributed by atoms with E-state index in [0.29, 0.717) is 6.61 Å². The topological polar surface area (TPSA) is 77.2 Å². The molecule has 100 valence electrons. The Morgan fingerprint density at radius 1 is 1.37 bits per heavy atom. The Bertz CT molecular complexity index is 549. The first-order valence-corrected chi connectivity index (χ1v) is 6.09. The number of nitrogens with zero attached hydrogens (tertiary/aromatic N) is 3. The molecule has 0 atom stereocenters. The van der Waals surface area contributed by atoms with Crippen LogP contribution in [0.3, 0.4) is 0 Å². The maximum Gasteiger partial charge on any atom is 0.358 e. The average molecular weight is 261 g/mol. The van der Waals surface area contributed by atoms with Crippen LogP contribution >= 0.6 is 0 Å². The van der Waals surface area contributed by atoms with Gasteiger partial charge in [-0.15, -0.1) is 5.10 Å². The van der Waals surface area contributed by atoms with Crippen molar-refractivity contribution in [2.45, 2.75) is 19.8 Å². The van der Waals surface area contributed by atoms with E-state index in [1.54, 1.807) is 0 Å². The van der Waals surface area contributed by atoms with Crippen molar-refractivity contribution in [2.24, 2.45) is 0 Å². The number of aromatic nitrogens is 3. The van der Waals surface area contributed by atoms with Gasteiger partial charge in [-0.25, -0.2) is 9.48 Å². The summed E-state index contributed by atoms with van der Waals surface area (Å²) >= 11 is 0. The average Bonchev–Trinajstić information content (AvgIpc) is 2.90. The SMILES string of the molecule is CCCCOc1ccc(-n2cc(C(=O)O)nn2)cc1.